The molecule has 0 aromatic heterocycles. The topological polar surface area (TPSA) is 90.4 Å². The molecule has 0 amide bonds. The lowest BCUT2D eigenvalue weighted by Gasteiger charge is -2.49. The molecular formula is C26H54O5. The van der Waals surface area contributed by atoms with Crippen LogP contribution in [0.3, 0.4) is 0 Å². The van der Waals surface area contributed by atoms with Crippen molar-refractivity contribution in [1.82, 2.24) is 0 Å². The maximum absolute atomic E-state index is 10.6. The first-order chi connectivity index (χ1) is 13.6. The van der Waals surface area contributed by atoms with Crippen molar-refractivity contribution < 1.29 is 25.2 Å². The van der Waals surface area contributed by atoms with Crippen molar-refractivity contribution in [3.63, 3.8) is 0 Å². The van der Waals surface area contributed by atoms with E-state index in [0.717, 1.165) is 64.2 Å². The van der Waals surface area contributed by atoms with Crippen molar-refractivity contribution >= 4 is 0 Å². The van der Waals surface area contributed by atoms with Crippen LogP contribution in [0.4, 0.5) is 0 Å². The molecule has 0 aromatic carbocycles. The van der Waals surface area contributed by atoms with Crippen molar-refractivity contribution in [1.29, 1.82) is 0 Å². The summed E-state index contributed by atoms with van der Waals surface area (Å²) >= 11 is 0. The van der Waals surface area contributed by atoms with Crippen LogP contribution in [-0.2, 0) is 9.47 Å². The third-order valence-electron chi connectivity index (χ3n) is 8.92. The predicted molar refractivity (Wildman–Crippen MR) is 129 cm³/mol. The van der Waals surface area contributed by atoms with Crippen LogP contribution in [0.15, 0.2) is 0 Å². The van der Waals surface area contributed by atoms with E-state index >= 15 is 0 Å². The minimum Gasteiger partial charge on any atom is -0.412 e. The van der Waals surface area contributed by atoms with Crippen LogP contribution in [-0.4, -0.2) is 52.3 Å². The molecule has 0 aliphatic heterocycles. The fourth-order valence-electron chi connectivity index (χ4n) is 5.14. The molecule has 2 aliphatic carbocycles. The molecule has 0 bridgehead atoms. The second kappa shape index (κ2) is 10.8. The van der Waals surface area contributed by atoms with Gasteiger partial charge in [-0.3, -0.25) is 0 Å². The van der Waals surface area contributed by atoms with Gasteiger partial charge in [0.15, 0.2) is 0 Å². The number of methoxy groups -OCH3 is 2. The van der Waals surface area contributed by atoms with E-state index in [4.69, 9.17) is 9.47 Å². The number of hydrogen-bond acceptors (Lipinski definition) is 4. The molecule has 4 N–H and O–H groups in total. The highest BCUT2D eigenvalue weighted by atomic mass is 16.5. The number of aliphatic hydroxyl groups is 2. The second-order valence-electron chi connectivity index (χ2n) is 12.0. The lowest BCUT2D eigenvalue weighted by molar-refractivity contribution is -0.142. The zero-order chi connectivity index (χ0) is 23.5. The van der Waals surface area contributed by atoms with Gasteiger partial charge >= 0.3 is 0 Å². The van der Waals surface area contributed by atoms with Gasteiger partial charge in [-0.05, 0) is 75.0 Å². The molecule has 188 valence electrons. The summed E-state index contributed by atoms with van der Waals surface area (Å²) in [6.07, 6.45) is 9.45. The second-order valence-corrected chi connectivity index (χ2v) is 12.0. The van der Waals surface area contributed by atoms with Crippen LogP contribution in [0.25, 0.3) is 0 Å². The molecule has 0 saturated heterocycles. The van der Waals surface area contributed by atoms with Crippen molar-refractivity contribution in [2.45, 2.75) is 142 Å². The first-order valence-corrected chi connectivity index (χ1v) is 12.1. The van der Waals surface area contributed by atoms with Gasteiger partial charge in [0.1, 0.15) is 0 Å². The molecule has 2 rings (SSSR count). The summed E-state index contributed by atoms with van der Waals surface area (Å²) in [5.41, 5.74) is -1.02. The molecule has 2 saturated carbocycles. The zero-order valence-electron chi connectivity index (χ0n) is 22.3. The monoisotopic (exact) mass is 446 g/mol. The Hall–Kier alpha value is -0.200. The van der Waals surface area contributed by atoms with Crippen LogP contribution < -0.4 is 0 Å². The maximum atomic E-state index is 10.6. The summed E-state index contributed by atoms with van der Waals surface area (Å²) in [7, 11) is 3.59. The van der Waals surface area contributed by atoms with Gasteiger partial charge in [-0.1, -0.05) is 55.4 Å². The van der Waals surface area contributed by atoms with E-state index in [1.807, 2.05) is 0 Å². The molecule has 0 aromatic rings. The number of hydrogen-bond donors (Lipinski definition) is 2. The van der Waals surface area contributed by atoms with Crippen molar-refractivity contribution in [3.05, 3.63) is 0 Å². The van der Waals surface area contributed by atoms with Crippen LogP contribution in [0.2, 0.25) is 0 Å². The lowest BCUT2D eigenvalue weighted by atomic mass is 9.64. The molecule has 2 aliphatic rings. The summed E-state index contributed by atoms with van der Waals surface area (Å²) < 4.78 is 11.2. The van der Waals surface area contributed by atoms with E-state index in [-0.39, 0.29) is 27.5 Å². The Bertz CT molecular complexity index is 453. The van der Waals surface area contributed by atoms with Gasteiger partial charge in [0.2, 0.25) is 0 Å². The predicted octanol–water partition coefficient (Wildman–Crippen LogP) is 5.44. The Morgan fingerprint density at radius 3 is 0.935 bits per heavy atom. The van der Waals surface area contributed by atoms with E-state index in [9.17, 15) is 10.2 Å². The molecule has 0 heterocycles. The maximum Gasteiger partial charge on any atom is 0.0697 e. The molecular weight excluding hydrogens is 392 g/mol. The summed E-state index contributed by atoms with van der Waals surface area (Å²) in [4.78, 5) is 0. The smallest absolute Gasteiger partial charge is 0.0697 e. The average Bonchev–Trinajstić information content (AvgIpc) is 2.69. The fourth-order valence-corrected chi connectivity index (χ4v) is 5.14. The van der Waals surface area contributed by atoms with Gasteiger partial charge in [0.25, 0.3) is 0 Å². The van der Waals surface area contributed by atoms with Crippen molar-refractivity contribution in [3.8, 4) is 0 Å². The molecule has 0 spiro atoms. The Labute approximate surface area is 192 Å². The standard InChI is InChI=1S/2C13H26O2.H2O/c2*1-6-12(15-5)7-9-13(14,10-8-12)11(2,3)4;/h2*14H,6-10H2,1-5H3;1H2. The van der Waals surface area contributed by atoms with Crippen LogP contribution in [0.5, 0.6) is 0 Å². The molecule has 0 atom stereocenters. The first kappa shape index (κ1) is 30.8. The van der Waals surface area contributed by atoms with Gasteiger partial charge in [-0.25, -0.2) is 0 Å². The van der Waals surface area contributed by atoms with Crippen LogP contribution in [0.1, 0.15) is 120 Å². The van der Waals surface area contributed by atoms with Gasteiger partial charge in [-0.15, -0.1) is 0 Å². The van der Waals surface area contributed by atoms with Gasteiger partial charge < -0.3 is 25.2 Å². The summed E-state index contributed by atoms with van der Waals surface area (Å²) in [6, 6.07) is 0. The van der Waals surface area contributed by atoms with E-state index in [0.29, 0.717) is 0 Å². The van der Waals surface area contributed by atoms with E-state index in [2.05, 4.69) is 55.4 Å². The van der Waals surface area contributed by atoms with Crippen LogP contribution in [0, 0.1) is 10.8 Å². The Morgan fingerprint density at radius 1 is 0.581 bits per heavy atom. The number of ether oxygens (including phenoxy) is 2. The largest absolute Gasteiger partial charge is 0.412 e. The SMILES string of the molecule is CCC1(OC)CCC(O)(C(C)(C)C)CC1.CCC1(OC)CCC(O)(C(C)(C)C)CC1.O. The van der Waals surface area contributed by atoms with Gasteiger partial charge in [-0.2, -0.15) is 0 Å². The normalized spacial score (nSPS) is 36.8. The van der Waals surface area contributed by atoms with Crippen molar-refractivity contribution in [2.24, 2.45) is 10.8 Å². The van der Waals surface area contributed by atoms with Gasteiger partial charge in [0, 0.05) is 14.2 Å². The Kier molecular flexibility index (Phi) is 10.7. The molecule has 5 nitrogen and oxygen atoms in total. The highest BCUT2D eigenvalue weighted by Gasteiger charge is 2.48. The number of rotatable bonds is 4. The summed E-state index contributed by atoms with van der Waals surface area (Å²) in [5.74, 6) is 0. The lowest BCUT2D eigenvalue weighted by Crippen LogP contribution is -2.50. The third-order valence-corrected chi connectivity index (χ3v) is 8.92. The highest BCUT2D eigenvalue weighted by molar-refractivity contribution is 5.00. The quantitative estimate of drug-likeness (QED) is 0.601. The average molecular weight is 447 g/mol. The zero-order valence-corrected chi connectivity index (χ0v) is 22.3. The fraction of sp³-hybridized carbons (Fsp3) is 1.00. The third kappa shape index (κ3) is 6.89. The van der Waals surface area contributed by atoms with Crippen LogP contribution >= 0.6 is 0 Å². The Morgan fingerprint density at radius 2 is 0.806 bits per heavy atom. The minimum atomic E-state index is -0.510. The molecule has 31 heavy (non-hydrogen) atoms. The summed E-state index contributed by atoms with van der Waals surface area (Å²) in [5, 5.41) is 21.2. The molecule has 0 unspecified atom stereocenters. The summed E-state index contributed by atoms with van der Waals surface area (Å²) in [6.45, 7) is 17.1. The molecule has 2 fully saturated rings. The minimum absolute atomic E-state index is 0. The van der Waals surface area contributed by atoms with Crippen molar-refractivity contribution in [2.75, 3.05) is 14.2 Å². The highest BCUT2D eigenvalue weighted by Crippen LogP contribution is 2.47. The molecule has 5 heteroatoms. The van der Waals surface area contributed by atoms with E-state index in [1.54, 1.807) is 14.2 Å². The Balaban J connectivity index is 0.000000562. The van der Waals surface area contributed by atoms with E-state index < -0.39 is 11.2 Å². The molecule has 0 radical (unpaired) electrons. The van der Waals surface area contributed by atoms with E-state index in [1.165, 1.54) is 0 Å². The first-order valence-electron chi connectivity index (χ1n) is 12.1. The van der Waals surface area contributed by atoms with Gasteiger partial charge in [0.05, 0.1) is 22.4 Å².